The molecule has 1 heterocycles. The molecule has 0 bridgehead atoms. The number of unbranched alkanes of at least 4 members (excludes halogenated alkanes) is 1. The van der Waals surface area contributed by atoms with Gasteiger partial charge in [0.05, 0.1) is 12.2 Å². The number of nitrogens with zero attached hydrogens (tertiary/aromatic N) is 2. The highest BCUT2D eigenvalue weighted by atomic mass is 35.5. The van der Waals surface area contributed by atoms with E-state index in [1.807, 2.05) is 30.5 Å². The van der Waals surface area contributed by atoms with Gasteiger partial charge < -0.3 is 10.1 Å². The number of hydrogen-bond donors (Lipinski definition) is 1. The largest absolute Gasteiger partial charge is 0.384 e. The van der Waals surface area contributed by atoms with Gasteiger partial charge in [0.2, 0.25) is 0 Å². The highest BCUT2D eigenvalue weighted by molar-refractivity contribution is 6.31. The smallest absolute Gasteiger partial charge is 0.0990 e. The number of benzene rings is 1. The summed E-state index contributed by atoms with van der Waals surface area (Å²) in [5, 5.41) is 5.30. The molecule has 5 heteroatoms. The van der Waals surface area contributed by atoms with Crippen molar-refractivity contribution in [2.24, 2.45) is 0 Å². The highest BCUT2D eigenvalue weighted by Crippen LogP contribution is 2.24. The number of fused-ring (bicyclic) bond motifs is 1. The maximum atomic E-state index is 6.01. The first-order valence-electron chi connectivity index (χ1n) is 8.32. The second-order valence-corrected chi connectivity index (χ2v) is 5.93. The molecule has 126 valence electrons. The van der Waals surface area contributed by atoms with Crippen LogP contribution < -0.4 is 5.32 Å². The zero-order valence-corrected chi connectivity index (χ0v) is 14.8. The Morgan fingerprint density at radius 3 is 2.78 bits per heavy atom. The third-order valence-corrected chi connectivity index (χ3v) is 4.14. The molecule has 0 saturated carbocycles. The molecule has 1 aromatic carbocycles. The van der Waals surface area contributed by atoms with E-state index in [2.05, 4.69) is 29.0 Å². The van der Waals surface area contributed by atoms with E-state index in [-0.39, 0.29) is 0 Å². The summed E-state index contributed by atoms with van der Waals surface area (Å²) in [7, 11) is 0. The van der Waals surface area contributed by atoms with Crippen molar-refractivity contribution in [1.82, 2.24) is 9.88 Å². The molecule has 0 aliphatic rings. The van der Waals surface area contributed by atoms with Crippen LogP contribution in [0.5, 0.6) is 0 Å². The molecule has 0 radical (unpaired) electrons. The standard InChI is InChI=1S/C18H26ClN3O/c1-3-22(4-2)14-23-12-6-5-10-20-17-9-11-21-18-13-15(19)7-8-16(17)18/h7-9,11,13H,3-6,10,12,14H2,1-2H3,(H,20,21). The maximum absolute atomic E-state index is 6.01. The molecule has 4 nitrogen and oxygen atoms in total. The first-order chi connectivity index (χ1) is 11.2. The summed E-state index contributed by atoms with van der Waals surface area (Å²) in [5.74, 6) is 0. The predicted molar refractivity (Wildman–Crippen MR) is 98.2 cm³/mol. The molecule has 0 unspecified atom stereocenters. The molecule has 0 fully saturated rings. The van der Waals surface area contributed by atoms with E-state index in [1.165, 1.54) is 0 Å². The monoisotopic (exact) mass is 335 g/mol. The average molecular weight is 336 g/mol. The van der Waals surface area contributed by atoms with Crippen molar-refractivity contribution in [3.05, 3.63) is 35.5 Å². The van der Waals surface area contributed by atoms with E-state index < -0.39 is 0 Å². The molecule has 0 spiro atoms. The Bertz CT molecular complexity index is 602. The average Bonchev–Trinajstić information content (AvgIpc) is 2.57. The Kier molecular flexibility index (Phi) is 7.59. The van der Waals surface area contributed by atoms with Gasteiger partial charge >= 0.3 is 0 Å². The molecule has 2 rings (SSSR count). The molecule has 0 saturated heterocycles. The fourth-order valence-corrected chi connectivity index (χ4v) is 2.59. The van der Waals surface area contributed by atoms with E-state index in [4.69, 9.17) is 16.3 Å². The summed E-state index contributed by atoms with van der Waals surface area (Å²) in [5.41, 5.74) is 2.03. The summed E-state index contributed by atoms with van der Waals surface area (Å²) < 4.78 is 5.69. The van der Waals surface area contributed by atoms with Gasteiger partial charge in [0, 0.05) is 35.4 Å². The van der Waals surface area contributed by atoms with Gasteiger partial charge in [-0.25, -0.2) is 0 Å². The fraction of sp³-hybridized carbons (Fsp3) is 0.500. The Morgan fingerprint density at radius 1 is 1.17 bits per heavy atom. The van der Waals surface area contributed by atoms with Gasteiger partial charge in [-0.3, -0.25) is 9.88 Å². The lowest BCUT2D eigenvalue weighted by molar-refractivity contribution is 0.0328. The van der Waals surface area contributed by atoms with Crippen LogP contribution in [-0.4, -0.2) is 42.9 Å². The number of halogens is 1. The molecule has 2 aromatic rings. The van der Waals surface area contributed by atoms with Crippen molar-refractivity contribution in [3.63, 3.8) is 0 Å². The summed E-state index contributed by atoms with van der Waals surface area (Å²) in [6.07, 6.45) is 3.95. The van der Waals surface area contributed by atoms with E-state index in [0.29, 0.717) is 5.02 Å². The van der Waals surface area contributed by atoms with Gasteiger partial charge in [-0.2, -0.15) is 0 Å². The van der Waals surface area contributed by atoms with Crippen molar-refractivity contribution in [1.29, 1.82) is 0 Å². The Hall–Kier alpha value is -1.36. The van der Waals surface area contributed by atoms with Gasteiger partial charge in [-0.05, 0) is 50.2 Å². The molecule has 0 amide bonds. The van der Waals surface area contributed by atoms with Crippen LogP contribution in [0.1, 0.15) is 26.7 Å². The van der Waals surface area contributed by atoms with Gasteiger partial charge in [0.1, 0.15) is 0 Å². The Balaban J connectivity index is 1.71. The second kappa shape index (κ2) is 9.71. The van der Waals surface area contributed by atoms with Crippen molar-refractivity contribution in [2.45, 2.75) is 26.7 Å². The van der Waals surface area contributed by atoms with Crippen LogP contribution in [0.3, 0.4) is 0 Å². The molecule has 0 aliphatic heterocycles. The number of ether oxygens (including phenoxy) is 1. The van der Waals surface area contributed by atoms with Gasteiger partial charge in [0.25, 0.3) is 0 Å². The lowest BCUT2D eigenvalue weighted by Gasteiger charge is -2.17. The topological polar surface area (TPSA) is 37.4 Å². The second-order valence-electron chi connectivity index (χ2n) is 5.49. The summed E-state index contributed by atoms with van der Waals surface area (Å²) in [6.45, 7) is 8.86. The quantitative estimate of drug-likeness (QED) is 0.516. The molecule has 1 aromatic heterocycles. The van der Waals surface area contributed by atoms with Crippen LogP contribution in [0.4, 0.5) is 5.69 Å². The molecular formula is C18H26ClN3O. The SMILES string of the molecule is CCN(CC)COCCCCNc1ccnc2cc(Cl)ccc12. The number of rotatable bonds is 10. The fourth-order valence-electron chi connectivity index (χ4n) is 2.43. The number of hydrogen-bond acceptors (Lipinski definition) is 4. The van der Waals surface area contributed by atoms with E-state index in [0.717, 1.165) is 62.4 Å². The minimum atomic E-state index is 0.715. The van der Waals surface area contributed by atoms with Crippen molar-refractivity contribution < 1.29 is 4.74 Å². The molecule has 1 N–H and O–H groups in total. The summed E-state index contributed by atoms with van der Waals surface area (Å²) >= 11 is 6.01. The van der Waals surface area contributed by atoms with E-state index in [1.54, 1.807) is 0 Å². The Morgan fingerprint density at radius 2 is 2.00 bits per heavy atom. The van der Waals surface area contributed by atoms with Crippen molar-refractivity contribution >= 4 is 28.2 Å². The third-order valence-electron chi connectivity index (χ3n) is 3.90. The zero-order valence-electron chi connectivity index (χ0n) is 14.0. The first kappa shape index (κ1) is 18.0. The minimum Gasteiger partial charge on any atom is -0.384 e. The number of pyridine rings is 1. The molecule has 23 heavy (non-hydrogen) atoms. The van der Waals surface area contributed by atoms with Gasteiger partial charge in [0.15, 0.2) is 0 Å². The van der Waals surface area contributed by atoms with Crippen LogP contribution >= 0.6 is 11.6 Å². The lowest BCUT2D eigenvalue weighted by atomic mass is 10.2. The molecule has 0 aliphatic carbocycles. The number of aromatic nitrogens is 1. The van der Waals surface area contributed by atoms with Crippen molar-refractivity contribution in [2.75, 3.05) is 38.3 Å². The van der Waals surface area contributed by atoms with Crippen molar-refractivity contribution in [3.8, 4) is 0 Å². The van der Waals surface area contributed by atoms with Gasteiger partial charge in [-0.15, -0.1) is 0 Å². The molecular weight excluding hydrogens is 310 g/mol. The summed E-state index contributed by atoms with van der Waals surface area (Å²) in [6, 6.07) is 7.81. The lowest BCUT2D eigenvalue weighted by Crippen LogP contribution is -2.26. The van der Waals surface area contributed by atoms with E-state index in [9.17, 15) is 0 Å². The van der Waals surface area contributed by atoms with Crippen LogP contribution in [-0.2, 0) is 4.74 Å². The number of anilines is 1. The molecule has 0 atom stereocenters. The predicted octanol–water partition coefficient (Wildman–Crippen LogP) is 4.40. The van der Waals surface area contributed by atoms with Crippen LogP contribution in [0.2, 0.25) is 5.02 Å². The normalized spacial score (nSPS) is 11.3. The number of nitrogens with one attached hydrogen (secondary N) is 1. The van der Waals surface area contributed by atoms with Crippen LogP contribution in [0.15, 0.2) is 30.5 Å². The maximum Gasteiger partial charge on any atom is 0.0990 e. The summed E-state index contributed by atoms with van der Waals surface area (Å²) in [4.78, 5) is 6.63. The van der Waals surface area contributed by atoms with Gasteiger partial charge in [-0.1, -0.05) is 25.4 Å². The zero-order chi connectivity index (χ0) is 16.5. The van der Waals surface area contributed by atoms with Crippen LogP contribution in [0.25, 0.3) is 10.9 Å². The minimum absolute atomic E-state index is 0.715. The highest BCUT2D eigenvalue weighted by Gasteiger charge is 2.02. The third kappa shape index (κ3) is 5.65. The van der Waals surface area contributed by atoms with Crippen LogP contribution in [0, 0.1) is 0 Å². The first-order valence-corrected chi connectivity index (χ1v) is 8.70. The Labute approximate surface area is 143 Å². The van der Waals surface area contributed by atoms with E-state index >= 15 is 0 Å².